The van der Waals surface area contributed by atoms with Crippen molar-refractivity contribution in [3.05, 3.63) is 30.0 Å². The van der Waals surface area contributed by atoms with Crippen LogP contribution in [-0.2, 0) is 23.1 Å². The predicted molar refractivity (Wildman–Crippen MR) is 73.2 cm³/mol. The van der Waals surface area contributed by atoms with E-state index in [0.717, 1.165) is 13.0 Å². The molecule has 0 aromatic carbocycles. The molecule has 20 heavy (non-hydrogen) atoms. The molecule has 0 saturated carbocycles. The number of rotatable bonds is 8. The van der Waals surface area contributed by atoms with Crippen molar-refractivity contribution >= 4 is 10.0 Å². The quantitative estimate of drug-likeness (QED) is 0.516. The molecule has 0 radical (unpaired) electrons. The number of sulfonamides is 1. The Hall–Kier alpha value is -1.71. The molecule has 0 spiro atoms. The van der Waals surface area contributed by atoms with Gasteiger partial charge in [-0.05, 0) is 13.0 Å². The molecule has 0 aliphatic heterocycles. The van der Waals surface area contributed by atoms with Gasteiger partial charge >= 0.3 is 0 Å². The van der Waals surface area contributed by atoms with E-state index in [1.165, 1.54) is 12.5 Å². The van der Waals surface area contributed by atoms with Gasteiger partial charge in [0.1, 0.15) is 0 Å². The molecule has 0 saturated heterocycles. The molecule has 0 atom stereocenters. The highest BCUT2D eigenvalue weighted by Gasteiger charge is 2.20. The Labute approximate surface area is 117 Å². The first-order valence-corrected chi connectivity index (χ1v) is 7.81. The highest BCUT2D eigenvalue weighted by molar-refractivity contribution is 7.89. The van der Waals surface area contributed by atoms with Crippen molar-refractivity contribution in [3.63, 3.8) is 0 Å². The number of nitrogens with one attached hydrogen (secondary N) is 4. The molecule has 9 heteroatoms. The van der Waals surface area contributed by atoms with Gasteiger partial charge in [-0.2, -0.15) is 5.10 Å². The van der Waals surface area contributed by atoms with Crippen molar-refractivity contribution in [3.8, 4) is 0 Å². The first-order valence-electron chi connectivity index (χ1n) is 6.33. The third-order valence-electron chi connectivity index (χ3n) is 2.70. The lowest BCUT2D eigenvalue weighted by Crippen LogP contribution is -2.25. The van der Waals surface area contributed by atoms with Crippen LogP contribution in [-0.4, -0.2) is 35.1 Å². The minimum absolute atomic E-state index is 0.0978. The maximum absolute atomic E-state index is 12.2. The molecular weight excluding hydrogens is 280 g/mol. The van der Waals surface area contributed by atoms with Gasteiger partial charge in [0, 0.05) is 24.0 Å². The van der Waals surface area contributed by atoms with Gasteiger partial charge in [0.15, 0.2) is 5.03 Å². The standard InChI is InChI=1S/C11H18N6O2S/c1-2-3-12-4-9-5-15-17-11(9)20(18,19)16-7-10-6-13-8-14-10/h5-6,8,12,16H,2-4,7H2,1H3,(H,13,14)(H,15,17). The molecule has 2 heterocycles. The first-order chi connectivity index (χ1) is 9.63. The SMILES string of the molecule is CCCNCc1cn[nH]c1S(=O)(=O)NCc1cnc[nH]1. The summed E-state index contributed by atoms with van der Waals surface area (Å²) in [4.78, 5) is 6.67. The summed E-state index contributed by atoms with van der Waals surface area (Å²) in [5, 5.41) is 9.59. The molecular formula is C11H18N6O2S. The van der Waals surface area contributed by atoms with Crippen LogP contribution in [0.3, 0.4) is 0 Å². The van der Waals surface area contributed by atoms with E-state index in [1.54, 1.807) is 6.20 Å². The van der Waals surface area contributed by atoms with Crippen molar-refractivity contribution in [2.24, 2.45) is 0 Å². The largest absolute Gasteiger partial charge is 0.347 e. The number of nitrogens with zero attached hydrogens (tertiary/aromatic N) is 2. The summed E-state index contributed by atoms with van der Waals surface area (Å²) < 4.78 is 26.9. The lowest BCUT2D eigenvalue weighted by Gasteiger charge is -2.07. The van der Waals surface area contributed by atoms with Crippen LogP contribution in [0.1, 0.15) is 24.6 Å². The molecule has 0 bridgehead atoms. The van der Waals surface area contributed by atoms with E-state index in [1.807, 2.05) is 6.92 Å². The van der Waals surface area contributed by atoms with Gasteiger partial charge < -0.3 is 10.3 Å². The maximum Gasteiger partial charge on any atom is 0.258 e. The Morgan fingerprint density at radius 1 is 1.30 bits per heavy atom. The minimum Gasteiger partial charge on any atom is -0.347 e. The van der Waals surface area contributed by atoms with Gasteiger partial charge in [-0.1, -0.05) is 6.92 Å². The van der Waals surface area contributed by atoms with Crippen LogP contribution in [0.15, 0.2) is 23.7 Å². The molecule has 0 amide bonds. The zero-order chi connectivity index (χ0) is 14.4. The highest BCUT2D eigenvalue weighted by atomic mass is 32.2. The summed E-state index contributed by atoms with van der Waals surface area (Å²) in [5.41, 5.74) is 1.31. The Bertz CT molecular complexity index is 619. The van der Waals surface area contributed by atoms with Crippen LogP contribution in [0.2, 0.25) is 0 Å². The van der Waals surface area contributed by atoms with Crippen LogP contribution in [0.25, 0.3) is 0 Å². The minimum atomic E-state index is -3.62. The van der Waals surface area contributed by atoms with E-state index in [4.69, 9.17) is 0 Å². The smallest absolute Gasteiger partial charge is 0.258 e. The van der Waals surface area contributed by atoms with Crippen molar-refractivity contribution in [2.75, 3.05) is 6.54 Å². The number of H-pyrrole nitrogens is 2. The number of aromatic amines is 2. The number of hydrogen-bond acceptors (Lipinski definition) is 5. The van der Waals surface area contributed by atoms with Crippen LogP contribution < -0.4 is 10.0 Å². The molecule has 2 aromatic rings. The molecule has 2 rings (SSSR count). The van der Waals surface area contributed by atoms with Gasteiger partial charge in [0.2, 0.25) is 0 Å². The summed E-state index contributed by atoms with van der Waals surface area (Å²) in [6, 6.07) is 0. The predicted octanol–water partition coefficient (Wildman–Crippen LogP) is 0.111. The summed E-state index contributed by atoms with van der Waals surface area (Å²) in [7, 11) is -3.62. The van der Waals surface area contributed by atoms with E-state index in [9.17, 15) is 8.42 Å². The number of aromatic nitrogens is 4. The van der Waals surface area contributed by atoms with Crippen molar-refractivity contribution in [1.29, 1.82) is 0 Å². The van der Waals surface area contributed by atoms with Crippen molar-refractivity contribution in [2.45, 2.75) is 31.5 Å². The van der Waals surface area contributed by atoms with Crippen molar-refractivity contribution < 1.29 is 8.42 Å². The van der Waals surface area contributed by atoms with Gasteiger partial charge in [-0.3, -0.25) is 5.10 Å². The summed E-state index contributed by atoms with van der Waals surface area (Å²) >= 11 is 0. The fourth-order valence-corrected chi connectivity index (χ4v) is 2.82. The Morgan fingerprint density at radius 2 is 2.15 bits per heavy atom. The molecule has 0 aliphatic carbocycles. The Balaban J connectivity index is 2.03. The number of hydrogen-bond donors (Lipinski definition) is 4. The molecule has 2 aromatic heterocycles. The van der Waals surface area contributed by atoms with Gasteiger partial charge in [-0.15, -0.1) is 0 Å². The van der Waals surface area contributed by atoms with E-state index in [0.29, 0.717) is 17.8 Å². The molecule has 4 N–H and O–H groups in total. The second kappa shape index (κ2) is 6.64. The topological polar surface area (TPSA) is 116 Å². The summed E-state index contributed by atoms with van der Waals surface area (Å²) in [6.07, 6.45) is 5.57. The Morgan fingerprint density at radius 3 is 2.85 bits per heavy atom. The summed E-state index contributed by atoms with van der Waals surface area (Å²) in [6.45, 7) is 3.49. The lowest BCUT2D eigenvalue weighted by atomic mass is 10.3. The zero-order valence-electron chi connectivity index (χ0n) is 11.2. The van der Waals surface area contributed by atoms with E-state index >= 15 is 0 Å². The monoisotopic (exact) mass is 298 g/mol. The lowest BCUT2D eigenvalue weighted by molar-refractivity contribution is 0.573. The second-order valence-corrected chi connectivity index (χ2v) is 6.01. The van der Waals surface area contributed by atoms with Gasteiger partial charge in [0.25, 0.3) is 10.0 Å². The molecule has 0 unspecified atom stereocenters. The average molecular weight is 298 g/mol. The number of imidazole rings is 1. The van der Waals surface area contributed by atoms with Crippen LogP contribution in [0.5, 0.6) is 0 Å². The third-order valence-corrected chi connectivity index (χ3v) is 4.11. The first kappa shape index (κ1) is 14.7. The van der Waals surface area contributed by atoms with E-state index in [-0.39, 0.29) is 11.6 Å². The van der Waals surface area contributed by atoms with E-state index in [2.05, 4.69) is 30.2 Å². The average Bonchev–Trinajstić information content (AvgIpc) is 3.08. The van der Waals surface area contributed by atoms with Gasteiger partial charge in [0.05, 0.1) is 19.1 Å². The molecule has 8 nitrogen and oxygen atoms in total. The second-order valence-electron chi connectivity index (χ2n) is 4.30. The van der Waals surface area contributed by atoms with Crippen molar-refractivity contribution in [1.82, 2.24) is 30.2 Å². The molecule has 0 fully saturated rings. The fourth-order valence-electron chi connectivity index (χ4n) is 1.68. The van der Waals surface area contributed by atoms with Gasteiger partial charge in [-0.25, -0.2) is 18.1 Å². The fraction of sp³-hybridized carbons (Fsp3) is 0.455. The molecule has 0 aliphatic rings. The van der Waals surface area contributed by atoms with Crippen LogP contribution >= 0.6 is 0 Å². The van der Waals surface area contributed by atoms with Crippen LogP contribution in [0, 0.1) is 0 Å². The van der Waals surface area contributed by atoms with Crippen LogP contribution in [0.4, 0.5) is 0 Å². The Kier molecular flexibility index (Phi) is 4.88. The maximum atomic E-state index is 12.2. The highest BCUT2D eigenvalue weighted by Crippen LogP contribution is 2.11. The zero-order valence-corrected chi connectivity index (χ0v) is 12.0. The summed E-state index contributed by atoms with van der Waals surface area (Å²) in [5.74, 6) is 0. The van der Waals surface area contributed by atoms with E-state index < -0.39 is 10.0 Å². The third kappa shape index (κ3) is 3.65. The molecule has 110 valence electrons. The normalized spacial score (nSPS) is 11.8.